The van der Waals surface area contributed by atoms with Crippen molar-refractivity contribution in [2.24, 2.45) is 0 Å². The van der Waals surface area contributed by atoms with Gasteiger partial charge in [0.2, 0.25) is 5.91 Å². The van der Waals surface area contributed by atoms with Crippen molar-refractivity contribution < 1.29 is 14.3 Å². The van der Waals surface area contributed by atoms with Gasteiger partial charge in [0.15, 0.2) is 0 Å². The van der Waals surface area contributed by atoms with Gasteiger partial charge in [-0.05, 0) is 44.0 Å². The summed E-state index contributed by atoms with van der Waals surface area (Å²) < 4.78 is 4.92. The van der Waals surface area contributed by atoms with Crippen molar-refractivity contribution in [1.82, 2.24) is 5.32 Å². The predicted molar refractivity (Wildman–Crippen MR) is 93.2 cm³/mol. The molecule has 128 valence electrons. The third-order valence-electron chi connectivity index (χ3n) is 3.84. The smallest absolute Gasteiger partial charge is 0.338 e. The molecule has 1 aliphatic carbocycles. The Morgan fingerprint density at radius 2 is 1.78 bits per heavy atom. The maximum atomic E-state index is 11.9. The van der Waals surface area contributed by atoms with E-state index in [1.165, 1.54) is 19.3 Å². The lowest BCUT2D eigenvalue weighted by Gasteiger charge is -2.22. The second kappa shape index (κ2) is 10.2. The van der Waals surface area contributed by atoms with E-state index < -0.39 is 0 Å². The van der Waals surface area contributed by atoms with Gasteiger partial charge in [-0.1, -0.05) is 19.3 Å². The van der Waals surface area contributed by atoms with Gasteiger partial charge in [-0.15, -0.1) is 12.4 Å². The molecule has 0 spiro atoms. The van der Waals surface area contributed by atoms with E-state index in [4.69, 9.17) is 4.74 Å². The molecule has 1 fully saturated rings. The minimum Gasteiger partial charge on any atom is -0.462 e. The van der Waals surface area contributed by atoms with Gasteiger partial charge < -0.3 is 15.4 Å². The van der Waals surface area contributed by atoms with E-state index in [0.29, 0.717) is 30.4 Å². The zero-order valence-corrected chi connectivity index (χ0v) is 14.3. The van der Waals surface area contributed by atoms with Crippen molar-refractivity contribution in [3.8, 4) is 0 Å². The van der Waals surface area contributed by atoms with Crippen LogP contribution in [0.4, 0.5) is 5.69 Å². The lowest BCUT2D eigenvalue weighted by molar-refractivity contribution is -0.115. The van der Waals surface area contributed by atoms with Crippen LogP contribution in [0.15, 0.2) is 24.3 Å². The number of nitrogens with one attached hydrogen (secondary N) is 2. The van der Waals surface area contributed by atoms with E-state index in [9.17, 15) is 9.59 Å². The topological polar surface area (TPSA) is 67.4 Å². The molecule has 1 aromatic rings. The number of halogens is 1. The van der Waals surface area contributed by atoms with E-state index in [-0.39, 0.29) is 24.3 Å². The molecule has 0 aromatic heterocycles. The van der Waals surface area contributed by atoms with Crippen molar-refractivity contribution in [3.63, 3.8) is 0 Å². The SMILES string of the molecule is CCOC(=O)c1ccc(NC(=O)CNC2CCCCC2)cc1.Cl. The first-order valence-electron chi connectivity index (χ1n) is 7.99. The highest BCUT2D eigenvalue weighted by molar-refractivity contribution is 5.94. The van der Waals surface area contributed by atoms with Gasteiger partial charge in [0.1, 0.15) is 0 Å². The molecule has 23 heavy (non-hydrogen) atoms. The van der Waals surface area contributed by atoms with E-state index >= 15 is 0 Å². The first-order chi connectivity index (χ1) is 10.7. The molecule has 1 aromatic carbocycles. The van der Waals surface area contributed by atoms with Gasteiger partial charge in [-0.3, -0.25) is 4.79 Å². The molecule has 0 aliphatic heterocycles. The molecule has 0 heterocycles. The number of rotatable bonds is 6. The van der Waals surface area contributed by atoms with Gasteiger partial charge in [0, 0.05) is 11.7 Å². The minimum absolute atomic E-state index is 0. The minimum atomic E-state index is -0.348. The molecule has 2 rings (SSSR count). The number of anilines is 1. The third kappa shape index (κ3) is 6.59. The molecule has 0 radical (unpaired) electrons. The van der Waals surface area contributed by atoms with E-state index in [1.54, 1.807) is 31.2 Å². The van der Waals surface area contributed by atoms with E-state index in [2.05, 4.69) is 10.6 Å². The van der Waals surface area contributed by atoms with E-state index in [0.717, 1.165) is 12.8 Å². The summed E-state index contributed by atoms with van der Waals surface area (Å²) >= 11 is 0. The summed E-state index contributed by atoms with van der Waals surface area (Å²) in [6, 6.07) is 7.20. The number of esters is 1. The number of carbonyl (C=O) groups is 2. The predicted octanol–water partition coefficient (Wildman–Crippen LogP) is 3.15. The Kier molecular flexibility index (Phi) is 8.66. The summed E-state index contributed by atoms with van der Waals surface area (Å²) in [4.78, 5) is 23.4. The Morgan fingerprint density at radius 1 is 1.13 bits per heavy atom. The second-order valence-electron chi connectivity index (χ2n) is 5.56. The maximum absolute atomic E-state index is 11.9. The van der Waals surface area contributed by atoms with Crippen LogP contribution in [-0.4, -0.2) is 31.1 Å². The number of benzene rings is 1. The highest BCUT2D eigenvalue weighted by Crippen LogP contribution is 2.17. The third-order valence-corrected chi connectivity index (χ3v) is 3.84. The summed E-state index contributed by atoms with van der Waals surface area (Å²) in [7, 11) is 0. The van der Waals surface area contributed by atoms with Gasteiger partial charge in [0.25, 0.3) is 0 Å². The average Bonchev–Trinajstić information content (AvgIpc) is 2.55. The standard InChI is InChI=1S/C17H24N2O3.ClH/c1-2-22-17(21)13-8-10-15(11-9-13)19-16(20)12-18-14-6-4-3-5-7-14;/h8-11,14,18H,2-7,12H2,1H3,(H,19,20);1H. The lowest BCUT2D eigenvalue weighted by Crippen LogP contribution is -2.37. The molecule has 0 atom stereocenters. The van der Waals surface area contributed by atoms with Gasteiger partial charge >= 0.3 is 5.97 Å². The van der Waals surface area contributed by atoms with E-state index in [1.807, 2.05) is 0 Å². The summed E-state index contributed by atoms with van der Waals surface area (Å²) in [6.07, 6.45) is 6.10. The molecular weight excluding hydrogens is 316 g/mol. The molecule has 5 nitrogen and oxygen atoms in total. The monoisotopic (exact) mass is 340 g/mol. The van der Waals surface area contributed by atoms with Crippen molar-refractivity contribution >= 4 is 30.0 Å². The average molecular weight is 341 g/mol. The second-order valence-corrected chi connectivity index (χ2v) is 5.56. The Bertz CT molecular complexity index is 499. The quantitative estimate of drug-likeness (QED) is 0.781. The van der Waals surface area contributed by atoms with Crippen LogP contribution in [-0.2, 0) is 9.53 Å². The van der Waals surface area contributed by atoms with Gasteiger partial charge in [0.05, 0.1) is 18.7 Å². The van der Waals surface area contributed by atoms with Crippen LogP contribution >= 0.6 is 12.4 Å². The van der Waals surface area contributed by atoms with Crippen molar-refractivity contribution in [1.29, 1.82) is 0 Å². The van der Waals surface area contributed by atoms with Crippen LogP contribution in [0.25, 0.3) is 0 Å². The molecule has 0 unspecified atom stereocenters. The number of hydrogen-bond donors (Lipinski definition) is 2. The molecule has 1 aliphatic rings. The van der Waals surface area contributed by atoms with Crippen LogP contribution in [0.3, 0.4) is 0 Å². The fraction of sp³-hybridized carbons (Fsp3) is 0.529. The number of amides is 1. The highest BCUT2D eigenvalue weighted by Gasteiger charge is 2.14. The van der Waals surface area contributed by atoms with Crippen LogP contribution in [0, 0.1) is 0 Å². The maximum Gasteiger partial charge on any atom is 0.338 e. The normalized spacial score (nSPS) is 14.7. The van der Waals surface area contributed by atoms with Crippen LogP contribution in [0.2, 0.25) is 0 Å². The van der Waals surface area contributed by atoms with Crippen LogP contribution in [0.1, 0.15) is 49.4 Å². The summed E-state index contributed by atoms with van der Waals surface area (Å²) in [5.41, 5.74) is 1.17. The zero-order valence-electron chi connectivity index (χ0n) is 13.5. The Balaban J connectivity index is 0.00000264. The van der Waals surface area contributed by atoms with Crippen LogP contribution in [0.5, 0.6) is 0 Å². The molecule has 6 heteroatoms. The van der Waals surface area contributed by atoms with Crippen molar-refractivity contribution in [2.75, 3.05) is 18.5 Å². The Hall–Kier alpha value is -1.59. The fourth-order valence-corrected chi connectivity index (χ4v) is 2.65. The van der Waals surface area contributed by atoms with Gasteiger partial charge in [-0.2, -0.15) is 0 Å². The molecule has 0 bridgehead atoms. The zero-order chi connectivity index (χ0) is 15.8. The molecule has 2 N–H and O–H groups in total. The first-order valence-corrected chi connectivity index (χ1v) is 7.99. The molecule has 1 amide bonds. The molecular formula is C17H25ClN2O3. The fourth-order valence-electron chi connectivity index (χ4n) is 2.65. The van der Waals surface area contributed by atoms with Gasteiger partial charge in [-0.25, -0.2) is 4.79 Å². The lowest BCUT2D eigenvalue weighted by atomic mass is 9.95. The number of ether oxygens (including phenoxy) is 1. The highest BCUT2D eigenvalue weighted by atomic mass is 35.5. The first kappa shape index (κ1) is 19.5. The summed E-state index contributed by atoms with van der Waals surface area (Å²) in [6.45, 7) is 2.44. The summed E-state index contributed by atoms with van der Waals surface area (Å²) in [5.74, 6) is -0.409. The van der Waals surface area contributed by atoms with Crippen LogP contribution < -0.4 is 10.6 Å². The van der Waals surface area contributed by atoms with Crippen molar-refractivity contribution in [2.45, 2.75) is 45.1 Å². The Morgan fingerprint density at radius 3 is 2.39 bits per heavy atom. The molecule has 1 saturated carbocycles. The molecule has 0 saturated heterocycles. The Labute approximate surface area is 143 Å². The number of carbonyl (C=O) groups excluding carboxylic acids is 2. The number of hydrogen-bond acceptors (Lipinski definition) is 4. The van der Waals surface area contributed by atoms with Crippen molar-refractivity contribution in [3.05, 3.63) is 29.8 Å². The summed E-state index contributed by atoms with van der Waals surface area (Å²) in [5, 5.41) is 6.13. The largest absolute Gasteiger partial charge is 0.462 e.